The normalized spacial score (nSPS) is 19.7. The lowest BCUT2D eigenvalue weighted by Gasteiger charge is -2.28. The molecule has 3 heterocycles. The molecule has 0 saturated carbocycles. The summed E-state index contributed by atoms with van der Waals surface area (Å²) in [5, 5.41) is 4.17. The van der Waals surface area contributed by atoms with Gasteiger partial charge < -0.3 is 14.3 Å². The summed E-state index contributed by atoms with van der Waals surface area (Å²) in [6.45, 7) is 2.82. The molecule has 2 fully saturated rings. The predicted octanol–water partition coefficient (Wildman–Crippen LogP) is 4.25. The first-order valence-electron chi connectivity index (χ1n) is 10.3. The number of anilines is 2. The van der Waals surface area contributed by atoms with Crippen molar-refractivity contribution in [1.29, 1.82) is 0 Å². The van der Waals surface area contributed by atoms with Crippen LogP contribution in [0.1, 0.15) is 37.5 Å². The molecule has 0 aliphatic carbocycles. The molecule has 1 atom stereocenters. The van der Waals surface area contributed by atoms with Gasteiger partial charge in [0, 0.05) is 43.0 Å². The second-order valence-electron chi connectivity index (χ2n) is 7.79. The molecule has 6 nitrogen and oxygen atoms in total. The Hall–Kier alpha value is -3.15. The van der Waals surface area contributed by atoms with Gasteiger partial charge in [0.05, 0.1) is 5.92 Å². The minimum absolute atomic E-state index is 0.0726. The Bertz CT molecular complexity index is 978. The summed E-state index contributed by atoms with van der Waals surface area (Å²) in [7, 11) is 0. The standard InChI is InChI=1S/C23H24N4O2/c28-21-15-18(16-27(21)20-7-3-1-4-8-20)23-24-22(25-29-23)17-9-11-19(12-10-17)26-13-5-2-6-14-26/h1,3-4,7-12,18H,2,5-6,13-16H2. The molecule has 1 unspecified atom stereocenters. The Morgan fingerprint density at radius 2 is 1.66 bits per heavy atom. The van der Waals surface area contributed by atoms with Crippen molar-refractivity contribution in [1.82, 2.24) is 10.1 Å². The van der Waals surface area contributed by atoms with E-state index < -0.39 is 0 Å². The Kier molecular flexibility index (Phi) is 4.76. The van der Waals surface area contributed by atoms with Crippen molar-refractivity contribution in [3.05, 3.63) is 60.5 Å². The first-order chi connectivity index (χ1) is 14.3. The second-order valence-corrected chi connectivity index (χ2v) is 7.79. The molecule has 2 aliphatic heterocycles. The second kappa shape index (κ2) is 7.70. The van der Waals surface area contributed by atoms with E-state index in [-0.39, 0.29) is 11.8 Å². The third-order valence-corrected chi connectivity index (χ3v) is 5.83. The number of carbonyl (C=O) groups is 1. The van der Waals surface area contributed by atoms with Crippen molar-refractivity contribution in [3.63, 3.8) is 0 Å². The summed E-state index contributed by atoms with van der Waals surface area (Å²) in [5.41, 5.74) is 3.09. The number of amides is 1. The third kappa shape index (κ3) is 3.62. The summed E-state index contributed by atoms with van der Waals surface area (Å²) in [4.78, 5) is 21.3. The highest BCUT2D eigenvalue weighted by molar-refractivity contribution is 5.96. The lowest BCUT2D eigenvalue weighted by Crippen LogP contribution is -2.29. The van der Waals surface area contributed by atoms with Crippen molar-refractivity contribution in [2.75, 3.05) is 29.4 Å². The number of hydrogen-bond donors (Lipinski definition) is 0. The fourth-order valence-electron chi connectivity index (χ4n) is 4.22. The zero-order valence-corrected chi connectivity index (χ0v) is 16.3. The van der Waals surface area contributed by atoms with Gasteiger partial charge in [-0.15, -0.1) is 0 Å². The highest BCUT2D eigenvalue weighted by atomic mass is 16.5. The van der Waals surface area contributed by atoms with Crippen LogP contribution in [0.15, 0.2) is 59.1 Å². The van der Waals surface area contributed by atoms with E-state index in [9.17, 15) is 4.79 Å². The van der Waals surface area contributed by atoms with Crippen molar-refractivity contribution in [3.8, 4) is 11.4 Å². The molecule has 0 bridgehead atoms. The molecule has 148 valence electrons. The number of benzene rings is 2. The summed E-state index contributed by atoms with van der Waals surface area (Å²) in [5.74, 6) is 1.13. The Balaban J connectivity index is 1.30. The Morgan fingerprint density at radius 1 is 0.897 bits per heavy atom. The molecule has 0 N–H and O–H groups in total. The largest absolute Gasteiger partial charge is 0.372 e. The van der Waals surface area contributed by atoms with Crippen LogP contribution in [0.2, 0.25) is 0 Å². The fourth-order valence-corrected chi connectivity index (χ4v) is 4.22. The number of hydrogen-bond acceptors (Lipinski definition) is 5. The van der Waals surface area contributed by atoms with E-state index in [1.165, 1.54) is 24.9 Å². The highest BCUT2D eigenvalue weighted by Gasteiger charge is 2.35. The summed E-state index contributed by atoms with van der Waals surface area (Å²) in [6.07, 6.45) is 4.24. The van der Waals surface area contributed by atoms with E-state index in [1.54, 1.807) is 4.90 Å². The average Bonchev–Trinajstić information content (AvgIpc) is 3.42. The number of rotatable bonds is 4. The molecular weight excluding hydrogens is 364 g/mol. The highest BCUT2D eigenvalue weighted by Crippen LogP contribution is 2.32. The number of piperidine rings is 1. The summed E-state index contributed by atoms with van der Waals surface area (Å²) in [6, 6.07) is 18.1. The lowest BCUT2D eigenvalue weighted by atomic mass is 10.1. The fraction of sp³-hybridized carbons (Fsp3) is 0.348. The zero-order valence-electron chi connectivity index (χ0n) is 16.3. The number of aromatic nitrogens is 2. The van der Waals surface area contributed by atoms with E-state index in [2.05, 4.69) is 39.3 Å². The van der Waals surface area contributed by atoms with E-state index in [1.807, 2.05) is 30.3 Å². The van der Waals surface area contributed by atoms with Gasteiger partial charge in [0.25, 0.3) is 0 Å². The minimum Gasteiger partial charge on any atom is -0.372 e. The molecule has 0 spiro atoms. The molecule has 3 aromatic rings. The lowest BCUT2D eigenvalue weighted by molar-refractivity contribution is -0.117. The number of nitrogens with zero attached hydrogens (tertiary/aromatic N) is 4. The minimum atomic E-state index is -0.0726. The van der Waals surface area contributed by atoms with E-state index in [0.717, 1.165) is 24.3 Å². The van der Waals surface area contributed by atoms with Gasteiger partial charge in [-0.1, -0.05) is 23.4 Å². The van der Waals surface area contributed by atoms with Crippen molar-refractivity contribution in [2.45, 2.75) is 31.6 Å². The molecule has 2 saturated heterocycles. The van der Waals surface area contributed by atoms with Crippen LogP contribution < -0.4 is 9.80 Å². The van der Waals surface area contributed by atoms with E-state index in [4.69, 9.17) is 4.52 Å². The first kappa shape index (κ1) is 17.9. The van der Waals surface area contributed by atoms with Gasteiger partial charge >= 0.3 is 0 Å². The molecular formula is C23H24N4O2. The maximum absolute atomic E-state index is 12.5. The van der Waals surface area contributed by atoms with Crippen molar-refractivity contribution < 1.29 is 9.32 Å². The van der Waals surface area contributed by atoms with Crippen LogP contribution in [0.4, 0.5) is 11.4 Å². The molecule has 1 aromatic heterocycles. The van der Waals surface area contributed by atoms with Gasteiger partial charge in [-0.25, -0.2) is 0 Å². The predicted molar refractivity (Wildman–Crippen MR) is 112 cm³/mol. The number of carbonyl (C=O) groups excluding carboxylic acids is 1. The van der Waals surface area contributed by atoms with Crippen LogP contribution in [0.3, 0.4) is 0 Å². The van der Waals surface area contributed by atoms with Crippen molar-refractivity contribution in [2.24, 2.45) is 0 Å². The molecule has 6 heteroatoms. The summed E-state index contributed by atoms with van der Waals surface area (Å²) < 4.78 is 5.53. The van der Waals surface area contributed by atoms with Crippen LogP contribution in [0.5, 0.6) is 0 Å². The SMILES string of the molecule is O=C1CC(c2nc(-c3ccc(N4CCCCC4)cc3)no2)CN1c1ccccc1. The van der Waals surface area contributed by atoms with Gasteiger partial charge in [0.1, 0.15) is 0 Å². The molecule has 2 aliphatic rings. The average molecular weight is 388 g/mol. The van der Waals surface area contributed by atoms with Gasteiger partial charge in [0.15, 0.2) is 0 Å². The zero-order chi connectivity index (χ0) is 19.6. The van der Waals surface area contributed by atoms with Gasteiger partial charge in [-0.3, -0.25) is 4.79 Å². The quantitative estimate of drug-likeness (QED) is 0.669. The van der Waals surface area contributed by atoms with Crippen LogP contribution in [-0.2, 0) is 4.79 Å². The molecule has 2 aromatic carbocycles. The van der Waals surface area contributed by atoms with E-state index >= 15 is 0 Å². The Labute approximate surface area is 170 Å². The Morgan fingerprint density at radius 3 is 2.41 bits per heavy atom. The molecule has 1 amide bonds. The van der Waals surface area contributed by atoms with E-state index in [0.29, 0.717) is 24.7 Å². The maximum atomic E-state index is 12.5. The summed E-state index contributed by atoms with van der Waals surface area (Å²) >= 11 is 0. The maximum Gasteiger partial charge on any atom is 0.232 e. The smallest absolute Gasteiger partial charge is 0.232 e. The number of para-hydroxylation sites is 1. The van der Waals surface area contributed by atoms with Crippen LogP contribution in [0, 0.1) is 0 Å². The van der Waals surface area contributed by atoms with Crippen LogP contribution >= 0.6 is 0 Å². The van der Waals surface area contributed by atoms with Crippen molar-refractivity contribution >= 4 is 17.3 Å². The topological polar surface area (TPSA) is 62.5 Å². The molecule has 5 rings (SSSR count). The van der Waals surface area contributed by atoms with Gasteiger partial charge in [-0.05, 0) is 55.7 Å². The molecule has 0 radical (unpaired) electrons. The molecule has 29 heavy (non-hydrogen) atoms. The van der Waals surface area contributed by atoms with Gasteiger partial charge in [-0.2, -0.15) is 4.98 Å². The van der Waals surface area contributed by atoms with Crippen LogP contribution in [0.25, 0.3) is 11.4 Å². The third-order valence-electron chi connectivity index (χ3n) is 5.83. The first-order valence-corrected chi connectivity index (χ1v) is 10.3. The monoisotopic (exact) mass is 388 g/mol. The van der Waals surface area contributed by atoms with Crippen LogP contribution in [-0.4, -0.2) is 35.7 Å². The van der Waals surface area contributed by atoms with Gasteiger partial charge in [0.2, 0.25) is 17.6 Å².